The van der Waals surface area contributed by atoms with Gasteiger partial charge in [0.2, 0.25) is 10.0 Å². The lowest BCUT2D eigenvalue weighted by atomic mass is 9.99. The molecule has 1 aliphatic rings. The van der Waals surface area contributed by atoms with E-state index in [2.05, 4.69) is 4.72 Å². The zero-order chi connectivity index (χ0) is 20.6. The molecule has 0 saturated heterocycles. The SMILES string of the molecule is [2H]C1([2H])C=C(C(=O)OCC)C(S(=O)(=O)Nc2ccc(F)cc2Cl)CC1([2H])[2H]. The maximum atomic E-state index is 13.2. The smallest absolute Gasteiger partial charge is 0.335 e. The van der Waals surface area contributed by atoms with Gasteiger partial charge in [-0.25, -0.2) is 17.6 Å². The van der Waals surface area contributed by atoms with Crippen molar-refractivity contribution in [3.8, 4) is 0 Å². The van der Waals surface area contributed by atoms with Gasteiger partial charge in [0.1, 0.15) is 11.1 Å². The molecule has 1 unspecified atom stereocenters. The maximum Gasteiger partial charge on any atom is 0.335 e. The monoisotopic (exact) mass is 365 g/mol. The lowest BCUT2D eigenvalue weighted by molar-refractivity contribution is -0.138. The molecular weight excluding hydrogens is 345 g/mol. The van der Waals surface area contributed by atoms with Crippen molar-refractivity contribution in [2.24, 2.45) is 0 Å². The van der Waals surface area contributed by atoms with Gasteiger partial charge in [0.05, 0.1) is 22.9 Å². The molecule has 0 aromatic heterocycles. The number of allylic oxidation sites excluding steroid dienone is 1. The summed E-state index contributed by atoms with van der Waals surface area (Å²) in [5.41, 5.74) is -0.668. The zero-order valence-electron chi connectivity index (χ0n) is 16.1. The molecule has 23 heavy (non-hydrogen) atoms. The van der Waals surface area contributed by atoms with Crippen molar-refractivity contribution in [3.63, 3.8) is 0 Å². The van der Waals surface area contributed by atoms with E-state index in [-0.39, 0.29) is 17.3 Å². The predicted octanol–water partition coefficient (Wildman–Crippen LogP) is 3.26. The fourth-order valence-electron chi connectivity index (χ4n) is 1.96. The van der Waals surface area contributed by atoms with Crippen LogP contribution in [0.1, 0.15) is 31.6 Å². The number of carbonyl (C=O) groups is 1. The fourth-order valence-corrected chi connectivity index (χ4v) is 3.66. The highest BCUT2D eigenvalue weighted by Crippen LogP contribution is 2.30. The second kappa shape index (κ2) is 7.31. The molecule has 126 valence electrons. The summed E-state index contributed by atoms with van der Waals surface area (Å²) in [6, 6.07) is 2.95. The molecule has 0 aliphatic heterocycles. The van der Waals surface area contributed by atoms with Gasteiger partial charge in [-0.15, -0.1) is 0 Å². The average molecular weight is 366 g/mol. The van der Waals surface area contributed by atoms with E-state index in [1.165, 1.54) is 6.92 Å². The number of halogens is 2. The van der Waals surface area contributed by atoms with E-state index in [4.69, 9.17) is 21.8 Å². The number of nitrogens with one attached hydrogen (secondary N) is 1. The molecule has 1 N–H and O–H groups in total. The van der Waals surface area contributed by atoms with Gasteiger partial charge in [0.25, 0.3) is 0 Å². The van der Waals surface area contributed by atoms with Crippen molar-refractivity contribution in [3.05, 3.63) is 40.7 Å². The van der Waals surface area contributed by atoms with E-state index in [9.17, 15) is 17.6 Å². The van der Waals surface area contributed by atoms with E-state index < -0.39 is 51.8 Å². The van der Waals surface area contributed by atoms with Crippen molar-refractivity contribution in [1.29, 1.82) is 0 Å². The molecule has 2 rings (SSSR count). The first kappa shape index (κ1) is 12.8. The van der Waals surface area contributed by atoms with Crippen molar-refractivity contribution in [1.82, 2.24) is 0 Å². The summed E-state index contributed by atoms with van der Waals surface area (Å²) in [5.74, 6) is -1.74. The van der Waals surface area contributed by atoms with Gasteiger partial charge < -0.3 is 4.74 Å². The standard InChI is InChI=1S/C15H17ClFNO4S/c1-2-22-15(19)11-5-3-4-6-14(11)23(20,21)18-13-8-7-10(17)9-12(13)16/h5,7-9,14,18H,2-4,6H2,1H3/i3D2,4D2. The van der Waals surface area contributed by atoms with E-state index in [0.29, 0.717) is 6.08 Å². The minimum atomic E-state index is -4.44. The maximum absolute atomic E-state index is 13.2. The van der Waals surface area contributed by atoms with Gasteiger partial charge in [0, 0.05) is 5.48 Å². The van der Waals surface area contributed by atoms with Crippen molar-refractivity contribution >= 4 is 33.3 Å². The highest BCUT2D eigenvalue weighted by Gasteiger charge is 2.35. The van der Waals surface area contributed by atoms with E-state index in [0.717, 1.165) is 18.2 Å². The molecule has 0 heterocycles. The molecular formula is C15H17ClFNO4S. The van der Waals surface area contributed by atoms with Crippen LogP contribution < -0.4 is 4.72 Å². The minimum absolute atomic E-state index is 0.0734. The Hall–Kier alpha value is -1.60. The van der Waals surface area contributed by atoms with Crippen LogP contribution in [-0.2, 0) is 19.6 Å². The quantitative estimate of drug-likeness (QED) is 0.813. The number of hydrogen-bond donors (Lipinski definition) is 1. The van der Waals surface area contributed by atoms with Crippen molar-refractivity contribution < 1.29 is 27.8 Å². The summed E-state index contributed by atoms with van der Waals surface area (Å²) in [5, 5.41) is -1.95. The molecule has 8 heteroatoms. The largest absolute Gasteiger partial charge is 0.463 e. The molecule has 0 bridgehead atoms. The van der Waals surface area contributed by atoms with Crippen LogP contribution >= 0.6 is 11.6 Å². The third-order valence-corrected chi connectivity index (χ3v) is 5.02. The predicted molar refractivity (Wildman–Crippen MR) is 86.3 cm³/mol. The van der Waals surface area contributed by atoms with Crippen LogP contribution in [0.15, 0.2) is 29.8 Å². The summed E-state index contributed by atoms with van der Waals surface area (Å²) >= 11 is 5.82. The van der Waals surface area contributed by atoms with Crippen molar-refractivity contribution in [2.75, 3.05) is 11.3 Å². The summed E-state index contributed by atoms with van der Waals surface area (Å²) < 4.78 is 76.9. The number of hydrogen-bond acceptors (Lipinski definition) is 4. The number of anilines is 1. The lowest BCUT2D eigenvalue weighted by Crippen LogP contribution is -2.34. The molecule has 1 aromatic carbocycles. The highest BCUT2D eigenvalue weighted by molar-refractivity contribution is 7.93. The van der Waals surface area contributed by atoms with Crippen LogP contribution in [0.3, 0.4) is 0 Å². The Bertz CT molecular complexity index is 892. The third kappa shape index (κ3) is 4.23. The normalized spacial score (nSPS) is 25.2. The Balaban J connectivity index is 2.49. The van der Waals surface area contributed by atoms with Crippen LogP contribution in [0.25, 0.3) is 0 Å². The Kier molecular flexibility index (Phi) is 4.06. The second-order valence-corrected chi connectivity index (χ2v) is 6.88. The first-order valence-electron chi connectivity index (χ1n) is 8.67. The molecule has 5 nitrogen and oxygen atoms in total. The number of rotatable bonds is 5. The topological polar surface area (TPSA) is 72.5 Å². The third-order valence-electron chi connectivity index (χ3n) is 3.03. The molecule has 0 amide bonds. The van der Waals surface area contributed by atoms with Gasteiger partial charge in [0.15, 0.2) is 0 Å². The van der Waals surface area contributed by atoms with Crippen LogP contribution in [0.4, 0.5) is 10.1 Å². The Morgan fingerprint density at radius 3 is 2.96 bits per heavy atom. The fraction of sp³-hybridized carbons (Fsp3) is 0.400. The minimum Gasteiger partial charge on any atom is -0.463 e. The Morgan fingerprint density at radius 1 is 1.57 bits per heavy atom. The molecule has 1 atom stereocenters. The van der Waals surface area contributed by atoms with Gasteiger partial charge >= 0.3 is 5.97 Å². The second-order valence-electron chi connectivity index (χ2n) is 4.61. The van der Waals surface area contributed by atoms with E-state index in [1.54, 1.807) is 0 Å². The molecule has 0 fully saturated rings. The summed E-state index contributed by atoms with van der Waals surface area (Å²) in [6.07, 6.45) is -5.31. The highest BCUT2D eigenvalue weighted by atomic mass is 35.5. The van der Waals surface area contributed by atoms with Crippen molar-refractivity contribution in [2.45, 2.75) is 31.3 Å². The first-order chi connectivity index (χ1) is 12.3. The molecule has 0 spiro atoms. The number of ether oxygens (including phenoxy) is 1. The first-order valence-corrected chi connectivity index (χ1v) is 8.60. The molecule has 0 saturated carbocycles. The average Bonchev–Trinajstić information content (AvgIpc) is 2.52. The van der Waals surface area contributed by atoms with Gasteiger partial charge in [-0.2, -0.15) is 0 Å². The van der Waals surface area contributed by atoms with E-state index in [1.807, 2.05) is 0 Å². The Labute approximate surface area is 145 Å². The van der Waals surface area contributed by atoms with Gasteiger partial charge in [-0.1, -0.05) is 17.7 Å². The number of benzene rings is 1. The van der Waals surface area contributed by atoms with Gasteiger partial charge in [-0.05, 0) is 44.3 Å². The lowest BCUT2D eigenvalue weighted by Gasteiger charge is -2.24. The summed E-state index contributed by atoms with van der Waals surface area (Å²) in [7, 11) is -4.44. The van der Waals surface area contributed by atoms with Crippen LogP contribution in [-0.4, -0.2) is 26.2 Å². The zero-order valence-corrected chi connectivity index (χ0v) is 13.7. The van der Waals surface area contributed by atoms with E-state index >= 15 is 0 Å². The van der Waals surface area contributed by atoms with Gasteiger partial charge in [-0.3, -0.25) is 4.72 Å². The summed E-state index contributed by atoms with van der Waals surface area (Å²) in [6.45, 7) is 1.42. The number of sulfonamides is 1. The van der Waals surface area contributed by atoms with Crippen LogP contribution in [0.2, 0.25) is 5.02 Å². The van der Waals surface area contributed by atoms with Crippen LogP contribution in [0.5, 0.6) is 0 Å². The molecule has 0 radical (unpaired) electrons. The number of carbonyl (C=O) groups excluding carboxylic acids is 1. The Morgan fingerprint density at radius 2 is 2.30 bits per heavy atom. The number of esters is 1. The summed E-state index contributed by atoms with van der Waals surface area (Å²) in [4.78, 5) is 12.2. The van der Waals surface area contributed by atoms with Crippen LogP contribution in [0, 0.1) is 5.82 Å². The molecule has 1 aromatic rings. The molecule has 1 aliphatic carbocycles.